The topological polar surface area (TPSA) is 70.5 Å². The number of aliphatic carboxylic acids is 1. The molecule has 0 unspecified atom stereocenters. The molecule has 0 aromatic carbocycles. The van der Waals surface area contributed by atoms with Crippen LogP contribution in [0.4, 0.5) is 0 Å². The van der Waals surface area contributed by atoms with Crippen LogP contribution in [0.25, 0.3) is 6.08 Å². The monoisotopic (exact) mass is 406 g/mol. The first kappa shape index (κ1) is 21.6. The first-order valence-electron chi connectivity index (χ1n) is 9.45. The zero-order chi connectivity index (χ0) is 19.5. The first-order chi connectivity index (χ1) is 13.1. The van der Waals surface area contributed by atoms with Gasteiger partial charge in [0.05, 0.1) is 4.91 Å². The lowest BCUT2D eigenvalue weighted by atomic mass is 10.1. The maximum Gasteiger partial charge on any atom is 0.303 e. The predicted octanol–water partition coefficient (Wildman–Crippen LogP) is 4.88. The highest BCUT2D eigenvalue weighted by molar-refractivity contribution is 8.26. The lowest BCUT2D eigenvalue weighted by Gasteiger charge is -2.14. The van der Waals surface area contributed by atoms with E-state index in [-0.39, 0.29) is 12.3 Å². The Morgan fingerprint density at radius 3 is 2.44 bits per heavy atom. The molecule has 1 saturated heterocycles. The zero-order valence-electron chi connectivity index (χ0n) is 15.4. The van der Waals surface area contributed by atoms with Gasteiger partial charge >= 0.3 is 5.97 Å². The summed E-state index contributed by atoms with van der Waals surface area (Å²) in [5, 5.41) is 8.59. The molecule has 0 aliphatic carbocycles. The highest BCUT2D eigenvalue weighted by atomic mass is 32.2. The molecule has 0 radical (unpaired) electrons. The molecule has 0 saturated carbocycles. The van der Waals surface area contributed by atoms with Crippen LogP contribution in [0.1, 0.15) is 63.4 Å². The second-order valence-corrected chi connectivity index (χ2v) is 8.27. The fourth-order valence-electron chi connectivity index (χ4n) is 2.91. The van der Waals surface area contributed by atoms with E-state index < -0.39 is 5.97 Å². The summed E-state index contributed by atoms with van der Waals surface area (Å²) in [6.45, 7) is 0.674. The summed E-state index contributed by atoms with van der Waals surface area (Å²) in [5.41, 5.74) is 0.904. The quantitative estimate of drug-likeness (QED) is 0.303. The van der Waals surface area contributed by atoms with E-state index in [1.807, 2.05) is 18.2 Å². The van der Waals surface area contributed by atoms with E-state index >= 15 is 0 Å². The molecule has 7 heteroatoms. The van der Waals surface area contributed by atoms with E-state index in [1.54, 1.807) is 17.3 Å². The standard InChI is InChI=1S/C20H26N2O3S2/c23-18(24)11-7-5-3-1-2-4-6-8-13-22-19(25)17(27-20(22)26)14-16-10-9-12-21-15-16/h9-10,12,14-15H,1-8,11,13H2,(H,23,24)/b17-14-. The molecular weight excluding hydrogens is 380 g/mol. The summed E-state index contributed by atoms with van der Waals surface area (Å²) in [6, 6.07) is 3.76. The van der Waals surface area contributed by atoms with Crippen molar-refractivity contribution in [2.75, 3.05) is 6.54 Å². The highest BCUT2D eigenvalue weighted by Crippen LogP contribution is 2.32. The van der Waals surface area contributed by atoms with Gasteiger partial charge in [-0.15, -0.1) is 0 Å². The average molecular weight is 407 g/mol. The van der Waals surface area contributed by atoms with Gasteiger partial charge < -0.3 is 5.11 Å². The van der Waals surface area contributed by atoms with Gasteiger partial charge in [0.15, 0.2) is 0 Å². The van der Waals surface area contributed by atoms with Crippen LogP contribution in [0.15, 0.2) is 29.4 Å². The fourth-order valence-corrected chi connectivity index (χ4v) is 4.22. The maximum absolute atomic E-state index is 12.5. The minimum absolute atomic E-state index is 0.00714. The van der Waals surface area contributed by atoms with Crippen LogP contribution in [0.3, 0.4) is 0 Å². The summed E-state index contributed by atoms with van der Waals surface area (Å²) in [7, 11) is 0. The van der Waals surface area contributed by atoms with E-state index in [2.05, 4.69) is 4.98 Å². The Morgan fingerprint density at radius 2 is 1.81 bits per heavy atom. The number of amides is 1. The average Bonchev–Trinajstić information content (AvgIpc) is 2.91. The SMILES string of the molecule is O=C(O)CCCCCCCCCCN1C(=O)/C(=C/c2cccnc2)SC1=S. The first-order valence-corrected chi connectivity index (χ1v) is 10.7. The summed E-state index contributed by atoms with van der Waals surface area (Å²) >= 11 is 6.72. The number of hydrogen-bond donors (Lipinski definition) is 1. The molecule has 1 amide bonds. The number of carbonyl (C=O) groups is 2. The molecule has 0 bridgehead atoms. The third-order valence-corrected chi connectivity index (χ3v) is 5.76. The number of carboxylic acid groups (broad SMARTS) is 1. The number of carboxylic acids is 1. The lowest BCUT2D eigenvalue weighted by molar-refractivity contribution is -0.137. The summed E-state index contributed by atoms with van der Waals surface area (Å²) in [5.74, 6) is -0.715. The fraction of sp³-hybridized carbons (Fsp3) is 0.500. The molecule has 27 heavy (non-hydrogen) atoms. The number of pyridine rings is 1. The third-order valence-electron chi connectivity index (χ3n) is 4.38. The predicted molar refractivity (Wildman–Crippen MR) is 113 cm³/mol. The van der Waals surface area contributed by atoms with Gasteiger partial charge in [-0.2, -0.15) is 0 Å². The van der Waals surface area contributed by atoms with Crippen LogP contribution in [0.5, 0.6) is 0 Å². The molecule has 1 fully saturated rings. The zero-order valence-corrected chi connectivity index (χ0v) is 17.1. The molecule has 146 valence electrons. The number of thiocarbonyl (C=S) groups is 1. The molecule has 1 aromatic heterocycles. The Labute approximate surface area is 170 Å². The van der Waals surface area contributed by atoms with Crippen LogP contribution in [0.2, 0.25) is 0 Å². The van der Waals surface area contributed by atoms with Crippen molar-refractivity contribution in [1.82, 2.24) is 9.88 Å². The Hall–Kier alpha value is -1.73. The van der Waals surface area contributed by atoms with Crippen LogP contribution in [-0.2, 0) is 9.59 Å². The molecular formula is C20H26N2O3S2. The van der Waals surface area contributed by atoms with E-state index in [4.69, 9.17) is 17.3 Å². The Balaban J connectivity index is 1.61. The Morgan fingerprint density at radius 1 is 1.15 bits per heavy atom. The van der Waals surface area contributed by atoms with Crippen molar-refractivity contribution in [2.45, 2.75) is 57.8 Å². The summed E-state index contributed by atoms with van der Waals surface area (Å²) < 4.78 is 0.633. The van der Waals surface area contributed by atoms with E-state index in [9.17, 15) is 9.59 Å². The van der Waals surface area contributed by atoms with Gasteiger partial charge in [-0.3, -0.25) is 19.5 Å². The van der Waals surface area contributed by atoms with Gasteiger partial charge in [0.2, 0.25) is 0 Å². The van der Waals surface area contributed by atoms with Crippen molar-refractivity contribution in [3.63, 3.8) is 0 Å². The molecule has 1 aliphatic rings. The number of carbonyl (C=O) groups excluding carboxylic acids is 1. The van der Waals surface area contributed by atoms with Crippen LogP contribution in [0, 0.1) is 0 Å². The second-order valence-electron chi connectivity index (χ2n) is 6.59. The Bertz CT molecular complexity index is 677. The van der Waals surface area contributed by atoms with Crippen LogP contribution < -0.4 is 0 Å². The van der Waals surface area contributed by atoms with Crippen molar-refractivity contribution < 1.29 is 14.7 Å². The molecule has 0 atom stereocenters. The van der Waals surface area contributed by atoms with Crippen molar-refractivity contribution >= 4 is 46.3 Å². The van der Waals surface area contributed by atoms with Crippen molar-refractivity contribution in [3.05, 3.63) is 35.0 Å². The van der Waals surface area contributed by atoms with Gasteiger partial charge in [-0.05, 0) is 30.5 Å². The van der Waals surface area contributed by atoms with E-state index in [1.165, 1.54) is 11.8 Å². The van der Waals surface area contributed by atoms with E-state index in [0.29, 0.717) is 15.8 Å². The lowest BCUT2D eigenvalue weighted by Crippen LogP contribution is -2.29. The van der Waals surface area contributed by atoms with Gasteiger partial charge in [0, 0.05) is 25.4 Å². The number of unbranched alkanes of at least 4 members (excludes halogenated alkanes) is 7. The maximum atomic E-state index is 12.5. The normalized spacial score (nSPS) is 15.7. The number of thioether (sulfide) groups is 1. The highest BCUT2D eigenvalue weighted by Gasteiger charge is 2.31. The molecule has 1 aliphatic heterocycles. The van der Waals surface area contributed by atoms with Crippen LogP contribution in [-0.4, -0.2) is 37.7 Å². The van der Waals surface area contributed by atoms with Crippen LogP contribution >= 0.6 is 24.0 Å². The minimum Gasteiger partial charge on any atom is -0.481 e. The van der Waals surface area contributed by atoms with Gasteiger partial charge in [0.1, 0.15) is 4.32 Å². The Kier molecular flexibility index (Phi) is 9.48. The summed E-state index contributed by atoms with van der Waals surface area (Å²) in [4.78, 5) is 29.4. The van der Waals surface area contributed by atoms with Gasteiger partial charge in [-0.1, -0.05) is 68.6 Å². The number of rotatable bonds is 12. The van der Waals surface area contributed by atoms with Crippen molar-refractivity contribution in [3.8, 4) is 0 Å². The molecule has 0 spiro atoms. The number of nitrogens with zero attached hydrogens (tertiary/aromatic N) is 2. The number of aromatic nitrogens is 1. The molecule has 5 nitrogen and oxygen atoms in total. The minimum atomic E-state index is -0.707. The molecule has 1 aromatic rings. The van der Waals surface area contributed by atoms with Gasteiger partial charge in [0.25, 0.3) is 5.91 Å². The van der Waals surface area contributed by atoms with Gasteiger partial charge in [-0.25, -0.2) is 0 Å². The van der Waals surface area contributed by atoms with Crippen molar-refractivity contribution in [1.29, 1.82) is 0 Å². The van der Waals surface area contributed by atoms with Crippen molar-refractivity contribution in [2.24, 2.45) is 0 Å². The van der Waals surface area contributed by atoms with E-state index in [0.717, 1.165) is 56.9 Å². The summed E-state index contributed by atoms with van der Waals surface area (Å²) in [6.07, 6.45) is 13.9. The molecule has 2 rings (SSSR count). The molecule has 1 N–H and O–H groups in total. The third kappa shape index (κ3) is 7.81. The second kappa shape index (κ2) is 11.9. The largest absolute Gasteiger partial charge is 0.481 e. The molecule has 2 heterocycles. The smallest absolute Gasteiger partial charge is 0.303 e. The number of hydrogen-bond acceptors (Lipinski definition) is 5.